The van der Waals surface area contributed by atoms with Crippen LogP contribution < -0.4 is 5.32 Å². The molecule has 0 aliphatic carbocycles. The maximum Gasteiger partial charge on any atom is 0.138 e. The summed E-state index contributed by atoms with van der Waals surface area (Å²) in [5, 5.41) is 12.7. The van der Waals surface area contributed by atoms with Gasteiger partial charge in [-0.2, -0.15) is 0 Å². The van der Waals surface area contributed by atoms with Crippen molar-refractivity contribution in [2.24, 2.45) is 0 Å². The van der Waals surface area contributed by atoms with Gasteiger partial charge in [0, 0.05) is 18.4 Å². The largest absolute Gasteiger partial charge is 0.393 e. The second-order valence-corrected chi connectivity index (χ2v) is 4.20. The SMILES string of the molecule is CC(O)CC(C)Nc1cccc2nccn12. The third-order valence-corrected chi connectivity index (χ3v) is 2.52. The highest BCUT2D eigenvalue weighted by Gasteiger charge is 2.07. The average molecular weight is 219 g/mol. The van der Waals surface area contributed by atoms with Crippen LogP contribution in [0, 0.1) is 0 Å². The van der Waals surface area contributed by atoms with E-state index < -0.39 is 0 Å². The highest BCUT2D eigenvalue weighted by molar-refractivity contribution is 5.50. The fraction of sp³-hybridized carbons (Fsp3) is 0.417. The Morgan fingerprint density at radius 1 is 1.44 bits per heavy atom. The molecule has 0 aliphatic rings. The molecule has 0 spiro atoms. The predicted octanol–water partition coefficient (Wildman–Crippen LogP) is 1.91. The molecule has 2 unspecified atom stereocenters. The molecule has 0 bridgehead atoms. The maximum atomic E-state index is 9.31. The zero-order valence-corrected chi connectivity index (χ0v) is 9.59. The average Bonchev–Trinajstić information content (AvgIpc) is 2.65. The number of aromatic nitrogens is 2. The van der Waals surface area contributed by atoms with Crippen LogP contribution >= 0.6 is 0 Å². The Kier molecular flexibility index (Phi) is 3.10. The Bertz CT molecular complexity index is 464. The standard InChI is InChI=1S/C12H17N3O/c1-9(8-10(2)16)14-12-5-3-4-11-13-6-7-15(11)12/h3-7,9-10,14,16H,8H2,1-2H3. The lowest BCUT2D eigenvalue weighted by Crippen LogP contribution is -2.21. The van der Waals surface area contributed by atoms with Crippen LogP contribution in [-0.4, -0.2) is 26.6 Å². The first-order valence-electron chi connectivity index (χ1n) is 5.53. The number of nitrogens with zero attached hydrogens (tertiary/aromatic N) is 2. The number of aliphatic hydroxyl groups is 1. The number of hydrogen-bond acceptors (Lipinski definition) is 3. The van der Waals surface area contributed by atoms with E-state index in [4.69, 9.17) is 0 Å². The predicted molar refractivity (Wildman–Crippen MR) is 64.6 cm³/mol. The van der Waals surface area contributed by atoms with Crippen LogP contribution in [-0.2, 0) is 0 Å². The zero-order valence-electron chi connectivity index (χ0n) is 9.59. The van der Waals surface area contributed by atoms with Crippen molar-refractivity contribution in [1.29, 1.82) is 0 Å². The highest BCUT2D eigenvalue weighted by Crippen LogP contribution is 2.13. The minimum Gasteiger partial charge on any atom is -0.393 e. The van der Waals surface area contributed by atoms with Crippen LogP contribution in [0.5, 0.6) is 0 Å². The molecular weight excluding hydrogens is 202 g/mol. The molecular formula is C12H17N3O. The summed E-state index contributed by atoms with van der Waals surface area (Å²) in [5.41, 5.74) is 0.925. The summed E-state index contributed by atoms with van der Waals surface area (Å²) >= 11 is 0. The summed E-state index contributed by atoms with van der Waals surface area (Å²) in [5.74, 6) is 1.00. The van der Waals surface area contributed by atoms with Gasteiger partial charge in [-0.05, 0) is 32.4 Å². The molecule has 0 radical (unpaired) electrons. The molecule has 0 aliphatic heterocycles. The molecule has 4 nitrogen and oxygen atoms in total. The quantitative estimate of drug-likeness (QED) is 0.825. The Hall–Kier alpha value is -1.55. The molecule has 0 saturated carbocycles. The Morgan fingerprint density at radius 3 is 3.00 bits per heavy atom. The van der Waals surface area contributed by atoms with Crippen molar-refractivity contribution >= 4 is 11.5 Å². The van der Waals surface area contributed by atoms with Gasteiger partial charge in [0.25, 0.3) is 0 Å². The summed E-state index contributed by atoms with van der Waals surface area (Å²) in [7, 11) is 0. The number of hydrogen-bond donors (Lipinski definition) is 2. The summed E-state index contributed by atoms with van der Waals surface area (Å²) in [4.78, 5) is 4.22. The third kappa shape index (κ3) is 2.33. The normalized spacial score (nSPS) is 14.9. The van der Waals surface area contributed by atoms with Crippen molar-refractivity contribution in [2.75, 3.05) is 5.32 Å². The molecule has 0 saturated heterocycles. The second kappa shape index (κ2) is 4.53. The van der Waals surface area contributed by atoms with Crippen molar-refractivity contribution in [3.05, 3.63) is 30.6 Å². The van der Waals surface area contributed by atoms with Crippen LogP contribution in [0.4, 0.5) is 5.82 Å². The van der Waals surface area contributed by atoms with Crippen molar-refractivity contribution in [2.45, 2.75) is 32.4 Å². The van der Waals surface area contributed by atoms with E-state index in [0.717, 1.165) is 17.9 Å². The Balaban J connectivity index is 2.17. The van der Waals surface area contributed by atoms with E-state index in [1.807, 2.05) is 28.8 Å². The van der Waals surface area contributed by atoms with E-state index in [9.17, 15) is 5.11 Å². The van der Waals surface area contributed by atoms with Crippen LogP contribution in [0.15, 0.2) is 30.6 Å². The summed E-state index contributed by atoms with van der Waals surface area (Å²) < 4.78 is 2.00. The van der Waals surface area contributed by atoms with E-state index >= 15 is 0 Å². The Morgan fingerprint density at radius 2 is 2.25 bits per heavy atom. The molecule has 2 aromatic rings. The van der Waals surface area contributed by atoms with Crippen molar-refractivity contribution < 1.29 is 5.11 Å². The van der Waals surface area contributed by atoms with Gasteiger partial charge in [-0.25, -0.2) is 4.98 Å². The fourth-order valence-corrected chi connectivity index (χ4v) is 1.89. The molecule has 2 heterocycles. The lowest BCUT2D eigenvalue weighted by molar-refractivity contribution is 0.179. The number of fused-ring (bicyclic) bond motifs is 1. The number of anilines is 1. The second-order valence-electron chi connectivity index (χ2n) is 4.20. The molecule has 86 valence electrons. The lowest BCUT2D eigenvalue weighted by Gasteiger charge is -2.17. The van der Waals surface area contributed by atoms with Crippen LogP contribution in [0.3, 0.4) is 0 Å². The van der Waals surface area contributed by atoms with E-state index in [-0.39, 0.29) is 12.1 Å². The van der Waals surface area contributed by atoms with Gasteiger partial charge in [0.2, 0.25) is 0 Å². The molecule has 2 rings (SSSR count). The van der Waals surface area contributed by atoms with Crippen molar-refractivity contribution in [3.8, 4) is 0 Å². The summed E-state index contributed by atoms with van der Waals surface area (Å²) in [6, 6.07) is 6.17. The van der Waals surface area contributed by atoms with Gasteiger partial charge in [-0.3, -0.25) is 4.40 Å². The van der Waals surface area contributed by atoms with Gasteiger partial charge in [0.05, 0.1) is 6.10 Å². The van der Waals surface area contributed by atoms with Crippen molar-refractivity contribution in [1.82, 2.24) is 9.38 Å². The number of imidazole rings is 1. The fourth-order valence-electron chi connectivity index (χ4n) is 1.89. The molecule has 2 atom stereocenters. The minimum atomic E-state index is -0.288. The van der Waals surface area contributed by atoms with Gasteiger partial charge in [-0.15, -0.1) is 0 Å². The first-order chi connectivity index (χ1) is 7.66. The van der Waals surface area contributed by atoms with E-state index in [1.54, 1.807) is 13.1 Å². The third-order valence-electron chi connectivity index (χ3n) is 2.52. The van der Waals surface area contributed by atoms with E-state index in [2.05, 4.69) is 17.2 Å². The van der Waals surface area contributed by atoms with Gasteiger partial charge < -0.3 is 10.4 Å². The molecule has 2 aromatic heterocycles. The van der Waals surface area contributed by atoms with Gasteiger partial charge >= 0.3 is 0 Å². The molecule has 0 fully saturated rings. The molecule has 16 heavy (non-hydrogen) atoms. The Labute approximate surface area is 94.9 Å². The highest BCUT2D eigenvalue weighted by atomic mass is 16.3. The van der Waals surface area contributed by atoms with Crippen LogP contribution in [0.1, 0.15) is 20.3 Å². The summed E-state index contributed by atoms with van der Waals surface area (Å²) in [6.07, 6.45) is 4.14. The maximum absolute atomic E-state index is 9.31. The van der Waals surface area contributed by atoms with Gasteiger partial charge in [-0.1, -0.05) is 6.07 Å². The van der Waals surface area contributed by atoms with E-state index in [0.29, 0.717) is 0 Å². The topological polar surface area (TPSA) is 49.6 Å². The molecule has 4 heteroatoms. The first kappa shape index (κ1) is 11.0. The molecule has 0 amide bonds. The minimum absolute atomic E-state index is 0.230. The van der Waals surface area contributed by atoms with Crippen molar-refractivity contribution in [3.63, 3.8) is 0 Å². The van der Waals surface area contributed by atoms with Crippen LogP contribution in [0.2, 0.25) is 0 Å². The molecule has 0 aromatic carbocycles. The number of rotatable bonds is 4. The number of nitrogens with one attached hydrogen (secondary N) is 1. The lowest BCUT2D eigenvalue weighted by atomic mass is 10.1. The van der Waals surface area contributed by atoms with E-state index in [1.165, 1.54) is 0 Å². The molecule has 2 N–H and O–H groups in total. The number of aliphatic hydroxyl groups excluding tert-OH is 1. The van der Waals surface area contributed by atoms with Crippen LogP contribution in [0.25, 0.3) is 5.65 Å². The van der Waals surface area contributed by atoms with Gasteiger partial charge in [0.1, 0.15) is 11.5 Å². The smallest absolute Gasteiger partial charge is 0.138 e. The first-order valence-corrected chi connectivity index (χ1v) is 5.53. The monoisotopic (exact) mass is 219 g/mol. The summed E-state index contributed by atoms with van der Waals surface area (Å²) in [6.45, 7) is 3.86. The number of pyridine rings is 1. The van der Waals surface area contributed by atoms with Gasteiger partial charge in [0.15, 0.2) is 0 Å². The zero-order chi connectivity index (χ0) is 11.5.